The van der Waals surface area contributed by atoms with E-state index in [9.17, 15) is 4.79 Å². The normalized spacial score (nSPS) is 11.2. The Labute approximate surface area is 205 Å². The fourth-order valence-electron chi connectivity index (χ4n) is 3.82. The molecule has 0 aliphatic rings. The molecule has 0 atom stereocenters. The zero-order valence-electron chi connectivity index (χ0n) is 21.0. The number of rotatable bonds is 22. The third-order valence-electron chi connectivity index (χ3n) is 5.75. The second-order valence-corrected chi connectivity index (χ2v) is 8.83. The van der Waals surface area contributed by atoms with Gasteiger partial charge < -0.3 is 5.11 Å². The molecule has 1 N–H and O–H groups in total. The van der Waals surface area contributed by atoms with Crippen molar-refractivity contribution in [3.8, 4) is 24.2 Å². The number of unbranched alkanes of at least 4 members (excludes halogenated alkanes) is 18. The van der Waals surface area contributed by atoms with Gasteiger partial charge in [0.05, 0.1) is 0 Å². The van der Waals surface area contributed by atoms with Gasteiger partial charge in [0.2, 0.25) is 0 Å². The second-order valence-electron chi connectivity index (χ2n) is 8.83. The summed E-state index contributed by atoms with van der Waals surface area (Å²) in [7, 11) is 0. The Morgan fingerprint density at radius 1 is 0.545 bits per heavy atom. The topological polar surface area (TPSA) is 37.3 Å². The van der Waals surface area contributed by atoms with Gasteiger partial charge in [-0.1, -0.05) is 126 Å². The lowest BCUT2D eigenvalue weighted by molar-refractivity contribution is -0.130. The van der Waals surface area contributed by atoms with Crippen molar-refractivity contribution in [1.29, 1.82) is 0 Å². The van der Waals surface area contributed by atoms with Crippen LogP contribution in [0.3, 0.4) is 0 Å². The first-order valence-electron chi connectivity index (χ1n) is 13.4. The van der Waals surface area contributed by atoms with Crippen LogP contribution in [-0.4, -0.2) is 11.1 Å². The van der Waals surface area contributed by atoms with Gasteiger partial charge in [-0.05, 0) is 50.7 Å². The minimum absolute atomic E-state index is 0.998. The van der Waals surface area contributed by atoms with Crippen LogP contribution in [0.5, 0.6) is 0 Å². The molecule has 0 unspecified atom stereocenters. The molecule has 184 valence electrons. The highest BCUT2D eigenvalue weighted by Crippen LogP contribution is 2.14. The molecule has 0 bridgehead atoms. The van der Waals surface area contributed by atoms with Gasteiger partial charge in [0.1, 0.15) is 0 Å². The Morgan fingerprint density at radius 3 is 1.36 bits per heavy atom. The van der Waals surface area contributed by atoms with E-state index in [1.54, 1.807) is 12.2 Å². The Hall–Kier alpha value is -2.19. The fourth-order valence-corrected chi connectivity index (χ4v) is 3.82. The number of carbonyl (C=O) groups is 1. The van der Waals surface area contributed by atoms with Crippen molar-refractivity contribution in [2.45, 2.75) is 128 Å². The summed E-state index contributed by atoms with van der Waals surface area (Å²) in [6.45, 7) is 0. The minimum Gasteiger partial charge on any atom is -0.472 e. The average molecular weight is 453 g/mol. The van der Waals surface area contributed by atoms with Gasteiger partial charge in [0.25, 0.3) is 0 Å². The predicted octanol–water partition coefficient (Wildman–Crippen LogP) is 9.18. The molecule has 0 aliphatic heterocycles. The summed E-state index contributed by atoms with van der Waals surface area (Å²) in [4.78, 5) is 10.2. The molecule has 0 aromatic rings. The summed E-state index contributed by atoms with van der Waals surface area (Å²) < 4.78 is 0. The van der Waals surface area contributed by atoms with Crippen molar-refractivity contribution in [2.75, 3.05) is 0 Å². The maximum atomic E-state index is 10.2. The minimum atomic E-state index is -1.07. The maximum Gasteiger partial charge on any atom is 0.382 e. The molecule has 2 nitrogen and oxygen atoms in total. The lowest BCUT2D eigenvalue weighted by atomic mass is 10.0. The molecule has 33 heavy (non-hydrogen) atoms. The van der Waals surface area contributed by atoms with Crippen LogP contribution >= 0.6 is 0 Å². The monoisotopic (exact) mass is 452 g/mol. The number of carboxylic acids is 1. The third kappa shape index (κ3) is 29.8. The van der Waals surface area contributed by atoms with Crippen molar-refractivity contribution >= 4 is 5.97 Å². The Morgan fingerprint density at radius 2 is 0.909 bits per heavy atom. The van der Waals surface area contributed by atoms with Gasteiger partial charge in [-0.25, -0.2) is 4.79 Å². The van der Waals surface area contributed by atoms with Crippen LogP contribution in [0.15, 0.2) is 36.5 Å². The van der Waals surface area contributed by atoms with E-state index in [-0.39, 0.29) is 0 Å². The molecule has 0 heterocycles. The Kier molecular flexibility index (Phi) is 26.0. The Bertz CT molecular complexity index is 622. The fraction of sp³-hybridized carbons (Fsp3) is 0.645. The largest absolute Gasteiger partial charge is 0.472 e. The van der Waals surface area contributed by atoms with Gasteiger partial charge in [-0.15, -0.1) is 6.42 Å². The van der Waals surface area contributed by atoms with E-state index in [0.29, 0.717) is 0 Å². The first-order valence-corrected chi connectivity index (χ1v) is 13.4. The highest BCUT2D eigenvalue weighted by Gasteiger charge is 1.95. The number of terminal acetylenes is 1. The maximum absolute atomic E-state index is 10.2. The summed E-state index contributed by atoms with van der Waals surface area (Å²) in [6, 6.07) is 0. The van der Waals surface area contributed by atoms with Crippen LogP contribution in [0.2, 0.25) is 0 Å². The highest BCUT2D eigenvalue weighted by molar-refractivity contribution is 5.86. The van der Waals surface area contributed by atoms with Gasteiger partial charge in [0.15, 0.2) is 0 Å². The Balaban J connectivity index is 3.15. The van der Waals surface area contributed by atoms with Gasteiger partial charge in [0, 0.05) is 5.92 Å². The van der Waals surface area contributed by atoms with Crippen molar-refractivity contribution in [2.24, 2.45) is 0 Å². The first-order chi connectivity index (χ1) is 16.3. The summed E-state index contributed by atoms with van der Waals surface area (Å²) in [5.74, 6) is 6.06. The van der Waals surface area contributed by atoms with E-state index in [4.69, 9.17) is 11.5 Å². The molecule has 2 heteroatoms. The number of hydrogen-bond donors (Lipinski definition) is 1. The summed E-state index contributed by atoms with van der Waals surface area (Å²) >= 11 is 0. The lowest BCUT2D eigenvalue weighted by Gasteiger charge is -2.03. The number of carboxylic acid groups (broad SMARTS) is 1. The molecule has 0 fully saturated rings. The van der Waals surface area contributed by atoms with E-state index in [1.807, 2.05) is 6.08 Å². The van der Waals surface area contributed by atoms with Crippen molar-refractivity contribution in [3.05, 3.63) is 36.5 Å². The SMILES string of the molecule is C#C/C=C\CC/C=C/CCCCCCCCCCCCCCCCCC/C=C\C#CC(=O)O. The quantitative estimate of drug-likeness (QED) is 0.101. The van der Waals surface area contributed by atoms with E-state index in [2.05, 4.69) is 36.0 Å². The van der Waals surface area contributed by atoms with Crippen LogP contribution < -0.4 is 0 Å². The number of allylic oxidation sites excluding steroid dienone is 6. The van der Waals surface area contributed by atoms with Gasteiger partial charge in [-0.3, -0.25) is 0 Å². The summed E-state index contributed by atoms with van der Waals surface area (Å²) in [6.07, 6.45) is 43.5. The average Bonchev–Trinajstić information content (AvgIpc) is 2.80. The number of aliphatic carboxylic acids is 1. The van der Waals surface area contributed by atoms with Crippen molar-refractivity contribution in [1.82, 2.24) is 0 Å². The molecule has 0 saturated carbocycles. The van der Waals surface area contributed by atoms with Crippen LogP contribution in [0.1, 0.15) is 128 Å². The third-order valence-corrected chi connectivity index (χ3v) is 5.75. The molecule has 0 rings (SSSR count). The van der Waals surface area contributed by atoms with Crippen molar-refractivity contribution < 1.29 is 9.90 Å². The van der Waals surface area contributed by atoms with Crippen LogP contribution in [0.25, 0.3) is 0 Å². The van der Waals surface area contributed by atoms with Crippen LogP contribution in [-0.2, 0) is 4.79 Å². The standard InChI is InChI=1S/C31H48O2/c1-2-3-4-5-6-7-8-9-10-11-12-13-14-15-16-17-18-19-20-21-22-23-24-25-26-27-28-29-30-31(32)33/h1,3-4,7-8,27-28H,5-6,9-26H2,(H,32,33)/b4-3-,8-7+,28-27-. The number of hydrogen-bond acceptors (Lipinski definition) is 1. The van der Waals surface area contributed by atoms with Gasteiger partial charge in [-0.2, -0.15) is 0 Å². The molecule has 0 radical (unpaired) electrons. The molecule has 0 saturated heterocycles. The van der Waals surface area contributed by atoms with E-state index < -0.39 is 5.97 Å². The van der Waals surface area contributed by atoms with Crippen molar-refractivity contribution in [3.63, 3.8) is 0 Å². The zero-order chi connectivity index (χ0) is 24.1. The molecule has 0 aliphatic carbocycles. The smallest absolute Gasteiger partial charge is 0.382 e. The molecule has 0 aromatic carbocycles. The first kappa shape index (κ1) is 30.8. The van der Waals surface area contributed by atoms with E-state index in [0.717, 1.165) is 19.3 Å². The molecule has 0 amide bonds. The van der Waals surface area contributed by atoms with E-state index >= 15 is 0 Å². The summed E-state index contributed by atoms with van der Waals surface area (Å²) in [5.41, 5.74) is 0. The second kappa shape index (κ2) is 27.8. The van der Waals surface area contributed by atoms with E-state index in [1.165, 1.54) is 109 Å². The molecular formula is C31H48O2. The highest BCUT2D eigenvalue weighted by atomic mass is 16.4. The van der Waals surface area contributed by atoms with Gasteiger partial charge >= 0.3 is 5.97 Å². The van der Waals surface area contributed by atoms with Crippen LogP contribution in [0, 0.1) is 24.2 Å². The zero-order valence-corrected chi connectivity index (χ0v) is 21.0. The lowest BCUT2D eigenvalue weighted by Crippen LogP contribution is -1.85. The summed E-state index contributed by atoms with van der Waals surface area (Å²) in [5, 5.41) is 8.40. The predicted molar refractivity (Wildman–Crippen MR) is 144 cm³/mol. The molecular weight excluding hydrogens is 404 g/mol. The molecule has 0 spiro atoms. The van der Waals surface area contributed by atoms with Crippen LogP contribution in [0.4, 0.5) is 0 Å². The molecule has 0 aromatic heterocycles.